The molecular formula is C28H34ClF3N6O3. The first-order valence-corrected chi connectivity index (χ1v) is 13.7. The van der Waals surface area contributed by atoms with Gasteiger partial charge >= 0.3 is 12.3 Å². The Hall–Kier alpha value is -3.54. The van der Waals surface area contributed by atoms with Crippen LogP contribution in [0.5, 0.6) is 0 Å². The Labute approximate surface area is 241 Å². The summed E-state index contributed by atoms with van der Waals surface area (Å²) in [5, 5.41) is 10.7. The summed E-state index contributed by atoms with van der Waals surface area (Å²) in [5.74, 6) is -0.368. The fourth-order valence-corrected chi connectivity index (χ4v) is 5.13. The monoisotopic (exact) mass is 594 g/mol. The normalized spacial score (nSPS) is 18.5. The third-order valence-corrected chi connectivity index (χ3v) is 7.18. The van der Waals surface area contributed by atoms with Crippen LogP contribution in [0.25, 0.3) is 10.9 Å². The third kappa shape index (κ3) is 8.02. The Kier molecular flexibility index (Phi) is 9.00. The van der Waals surface area contributed by atoms with Crippen LogP contribution < -0.4 is 15.5 Å². The van der Waals surface area contributed by atoms with E-state index < -0.39 is 29.6 Å². The lowest BCUT2D eigenvalue weighted by Gasteiger charge is -2.37. The van der Waals surface area contributed by atoms with Gasteiger partial charge in [0.2, 0.25) is 5.91 Å². The van der Waals surface area contributed by atoms with Crippen LogP contribution in [0.2, 0.25) is 5.02 Å². The summed E-state index contributed by atoms with van der Waals surface area (Å²) in [5.41, 5.74) is -1.07. The maximum Gasteiger partial charge on any atom is 0.433 e. The summed E-state index contributed by atoms with van der Waals surface area (Å²) < 4.78 is 47.7. The van der Waals surface area contributed by atoms with Gasteiger partial charge in [-0.25, -0.2) is 9.78 Å². The average molecular weight is 595 g/mol. The number of nitrogens with one attached hydrogen (secondary N) is 2. The highest BCUT2D eigenvalue weighted by Gasteiger charge is 2.35. The molecule has 0 bridgehead atoms. The largest absolute Gasteiger partial charge is 0.444 e. The summed E-state index contributed by atoms with van der Waals surface area (Å²) in [6, 6.07) is 6.27. The Morgan fingerprint density at radius 2 is 1.88 bits per heavy atom. The zero-order chi connectivity index (χ0) is 29.9. The van der Waals surface area contributed by atoms with E-state index in [4.69, 9.17) is 16.3 Å². The molecule has 1 aliphatic rings. The molecule has 3 aromatic rings. The van der Waals surface area contributed by atoms with Gasteiger partial charge in [-0.05, 0) is 76.8 Å². The highest BCUT2D eigenvalue weighted by atomic mass is 35.5. The second-order valence-electron chi connectivity index (χ2n) is 11.2. The first kappa shape index (κ1) is 30.4. The minimum atomic E-state index is -4.59. The van der Waals surface area contributed by atoms with Gasteiger partial charge in [0.15, 0.2) is 0 Å². The molecule has 1 saturated carbocycles. The molecular weight excluding hydrogens is 561 g/mol. The molecule has 4 rings (SSSR count). The fourth-order valence-electron chi connectivity index (χ4n) is 4.96. The van der Waals surface area contributed by atoms with Crippen LogP contribution in [0.4, 0.5) is 23.7 Å². The molecule has 9 nitrogen and oxygen atoms in total. The molecule has 1 aliphatic carbocycles. The lowest BCUT2D eigenvalue weighted by molar-refractivity contribution is -0.140. The molecule has 222 valence electrons. The van der Waals surface area contributed by atoms with Crippen molar-refractivity contribution in [1.82, 2.24) is 25.4 Å². The number of alkyl carbamates (subject to hydrolysis) is 1. The minimum Gasteiger partial charge on any atom is -0.444 e. The zero-order valence-corrected chi connectivity index (χ0v) is 24.1. The molecule has 1 fully saturated rings. The number of halogens is 4. The van der Waals surface area contributed by atoms with Crippen molar-refractivity contribution < 1.29 is 27.5 Å². The average Bonchev–Trinajstić information content (AvgIpc) is 3.39. The van der Waals surface area contributed by atoms with Gasteiger partial charge < -0.3 is 20.3 Å². The number of fused-ring (bicyclic) bond motifs is 1. The number of aromatic nitrogens is 3. The highest BCUT2D eigenvalue weighted by molar-refractivity contribution is 6.31. The Morgan fingerprint density at radius 3 is 2.49 bits per heavy atom. The molecule has 0 spiro atoms. The zero-order valence-electron chi connectivity index (χ0n) is 23.3. The molecule has 41 heavy (non-hydrogen) atoms. The lowest BCUT2D eigenvalue weighted by Crippen LogP contribution is -2.53. The first-order chi connectivity index (χ1) is 19.2. The van der Waals surface area contributed by atoms with E-state index in [2.05, 4.69) is 20.7 Å². The first-order valence-electron chi connectivity index (χ1n) is 13.4. The lowest BCUT2D eigenvalue weighted by atomic mass is 9.89. The van der Waals surface area contributed by atoms with Gasteiger partial charge in [-0.2, -0.15) is 18.3 Å². The van der Waals surface area contributed by atoms with Crippen molar-refractivity contribution in [2.24, 2.45) is 0 Å². The standard InChI is InChI=1S/C28H34ClF3N6O3/c1-27(2,3)41-26(40)36-22(16-38-13-5-12-33-38)25(39)34-18-7-9-19(10-8-18)37(4)23-15-24(28(30,31)32)35-21-11-6-17(29)14-20(21)23/h5-6,11-15,18-19,22H,7-10,16H2,1-4H3,(H,34,39)(H,36,40)/t18?,19?,22-/m0/s1. The van der Waals surface area contributed by atoms with Crippen molar-refractivity contribution in [2.75, 3.05) is 11.9 Å². The van der Waals surface area contributed by atoms with E-state index in [1.807, 2.05) is 4.90 Å². The number of pyridine rings is 1. The Morgan fingerprint density at radius 1 is 1.17 bits per heavy atom. The van der Waals surface area contributed by atoms with Crippen molar-refractivity contribution >= 4 is 40.2 Å². The minimum absolute atomic E-state index is 0.0615. The maximum absolute atomic E-state index is 13.6. The molecule has 13 heteroatoms. The van der Waals surface area contributed by atoms with Gasteiger partial charge in [0.25, 0.3) is 0 Å². The fraction of sp³-hybridized carbons (Fsp3) is 0.500. The van der Waals surface area contributed by atoms with E-state index >= 15 is 0 Å². The number of carbonyl (C=O) groups excluding carboxylic acids is 2. The SMILES string of the molecule is CN(c1cc(C(F)(F)F)nc2ccc(Cl)cc12)C1CCC(NC(=O)[C@H](Cn2cccn2)NC(=O)OC(C)(C)C)CC1. The topological polar surface area (TPSA) is 101 Å². The van der Waals surface area contributed by atoms with E-state index in [0.717, 1.165) is 6.07 Å². The van der Waals surface area contributed by atoms with Gasteiger partial charge in [0.1, 0.15) is 17.3 Å². The predicted molar refractivity (Wildman–Crippen MR) is 150 cm³/mol. The van der Waals surface area contributed by atoms with Crippen LogP contribution in [0.15, 0.2) is 42.7 Å². The van der Waals surface area contributed by atoms with Crippen LogP contribution in [0.3, 0.4) is 0 Å². The van der Waals surface area contributed by atoms with Crippen molar-refractivity contribution in [2.45, 2.75) is 82.9 Å². The van der Waals surface area contributed by atoms with Crippen LogP contribution in [-0.2, 0) is 22.3 Å². The van der Waals surface area contributed by atoms with E-state index in [0.29, 0.717) is 41.8 Å². The highest BCUT2D eigenvalue weighted by Crippen LogP contribution is 2.37. The van der Waals surface area contributed by atoms with E-state index in [-0.39, 0.29) is 30.1 Å². The predicted octanol–water partition coefficient (Wildman–Crippen LogP) is 5.56. The second-order valence-corrected chi connectivity index (χ2v) is 11.7. The Bertz CT molecular complexity index is 1370. The van der Waals surface area contributed by atoms with Crippen LogP contribution >= 0.6 is 11.6 Å². The molecule has 1 atom stereocenters. The van der Waals surface area contributed by atoms with Crippen LogP contribution in [-0.4, -0.2) is 57.5 Å². The summed E-state index contributed by atoms with van der Waals surface area (Å²) in [6.07, 6.45) is 0.460. The van der Waals surface area contributed by atoms with E-state index in [9.17, 15) is 22.8 Å². The number of amides is 2. The second kappa shape index (κ2) is 12.1. The van der Waals surface area contributed by atoms with Gasteiger partial charge in [0.05, 0.1) is 12.1 Å². The van der Waals surface area contributed by atoms with E-state index in [1.165, 1.54) is 12.1 Å². The van der Waals surface area contributed by atoms with Crippen molar-refractivity contribution in [3.05, 3.63) is 53.4 Å². The maximum atomic E-state index is 13.6. The molecule has 2 heterocycles. The number of anilines is 1. The molecule has 2 amide bonds. The van der Waals surface area contributed by atoms with Crippen molar-refractivity contribution in [3.63, 3.8) is 0 Å². The third-order valence-electron chi connectivity index (χ3n) is 6.95. The molecule has 1 aromatic carbocycles. The summed E-state index contributed by atoms with van der Waals surface area (Å²) in [7, 11) is 1.77. The van der Waals surface area contributed by atoms with E-state index in [1.54, 1.807) is 57.0 Å². The summed E-state index contributed by atoms with van der Waals surface area (Å²) >= 11 is 6.16. The van der Waals surface area contributed by atoms with Gasteiger partial charge in [-0.3, -0.25) is 9.48 Å². The molecule has 2 N–H and O–H groups in total. The molecule has 0 unspecified atom stereocenters. The van der Waals surface area contributed by atoms with Gasteiger partial charge in [-0.1, -0.05) is 11.6 Å². The number of rotatable bonds is 7. The molecule has 2 aromatic heterocycles. The molecule has 0 radical (unpaired) electrons. The van der Waals surface area contributed by atoms with Gasteiger partial charge in [0, 0.05) is 47.6 Å². The number of ether oxygens (including phenoxy) is 1. The molecule has 0 saturated heterocycles. The van der Waals surface area contributed by atoms with Crippen molar-refractivity contribution in [1.29, 1.82) is 0 Å². The molecule has 0 aliphatic heterocycles. The summed E-state index contributed by atoms with van der Waals surface area (Å²) in [6.45, 7) is 5.32. The quantitative estimate of drug-likeness (QED) is 0.371. The number of hydrogen-bond donors (Lipinski definition) is 2. The van der Waals surface area contributed by atoms with Crippen molar-refractivity contribution in [3.8, 4) is 0 Å². The van der Waals surface area contributed by atoms with Crippen LogP contribution in [0, 0.1) is 0 Å². The number of carbonyl (C=O) groups is 2. The number of nitrogens with zero attached hydrogens (tertiary/aromatic N) is 4. The number of benzene rings is 1. The van der Waals surface area contributed by atoms with Gasteiger partial charge in [-0.15, -0.1) is 0 Å². The number of hydrogen-bond acceptors (Lipinski definition) is 6. The smallest absolute Gasteiger partial charge is 0.433 e. The summed E-state index contributed by atoms with van der Waals surface area (Å²) in [4.78, 5) is 31.3. The van der Waals surface area contributed by atoms with Crippen LogP contribution in [0.1, 0.15) is 52.1 Å². The number of alkyl halides is 3. The Balaban J connectivity index is 1.43.